The van der Waals surface area contributed by atoms with Crippen LogP contribution in [0.2, 0.25) is 5.02 Å². The van der Waals surface area contributed by atoms with Crippen LogP contribution in [0.3, 0.4) is 0 Å². The van der Waals surface area contributed by atoms with Gasteiger partial charge in [0.05, 0.1) is 23.6 Å². The van der Waals surface area contributed by atoms with E-state index in [9.17, 15) is 8.42 Å². The molecule has 4 rings (SSSR count). The molecule has 1 saturated heterocycles. The lowest BCUT2D eigenvalue weighted by atomic mass is 10.1. The highest BCUT2D eigenvalue weighted by atomic mass is 35.5. The number of halogens is 1. The van der Waals surface area contributed by atoms with Crippen molar-refractivity contribution in [1.82, 2.24) is 4.90 Å². The number of sulfone groups is 1. The van der Waals surface area contributed by atoms with Gasteiger partial charge in [-0.3, -0.25) is 4.90 Å². The molecule has 1 atom stereocenters. The number of hydrogen-bond acceptors (Lipinski definition) is 5. The molecule has 0 unspecified atom stereocenters. The van der Waals surface area contributed by atoms with E-state index in [1.807, 2.05) is 42.5 Å². The van der Waals surface area contributed by atoms with Crippen LogP contribution in [-0.2, 0) is 22.9 Å². The van der Waals surface area contributed by atoms with E-state index < -0.39 is 9.84 Å². The van der Waals surface area contributed by atoms with Crippen molar-refractivity contribution < 1.29 is 13.2 Å². The van der Waals surface area contributed by atoms with Gasteiger partial charge in [-0.25, -0.2) is 8.42 Å². The second-order valence-corrected chi connectivity index (χ2v) is 10.9. The number of methoxy groups -OCH3 is 1. The Bertz CT molecular complexity index is 1080. The van der Waals surface area contributed by atoms with Crippen LogP contribution in [0.5, 0.6) is 5.75 Å². The van der Waals surface area contributed by atoms with Gasteiger partial charge in [0.15, 0.2) is 9.84 Å². The van der Waals surface area contributed by atoms with Crippen molar-refractivity contribution in [1.29, 1.82) is 0 Å². The number of thiophene rings is 1. The number of benzene rings is 2. The predicted molar refractivity (Wildman–Crippen MR) is 116 cm³/mol. The molecule has 28 heavy (non-hydrogen) atoms. The Balaban J connectivity index is 1.62. The van der Waals surface area contributed by atoms with Crippen molar-refractivity contribution in [3.63, 3.8) is 0 Å². The van der Waals surface area contributed by atoms with Gasteiger partial charge in [0.2, 0.25) is 0 Å². The molecule has 2 heterocycles. The molecular formula is C21H22ClNO3S2. The SMILES string of the molecule is COc1ccc(CN(Cc2sc3ccccc3c2Cl)[C@@H]2CCS(=O)(=O)C2)cc1. The molecule has 0 aliphatic carbocycles. The van der Waals surface area contributed by atoms with Gasteiger partial charge in [-0.15, -0.1) is 11.3 Å². The molecule has 4 nitrogen and oxygen atoms in total. The van der Waals surface area contributed by atoms with Crippen LogP contribution in [-0.4, -0.2) is 38.0 Å². The second-order valence-electron chi connectivity index (χ2n) is 7.15. The molecule has 0 spiro atoms. The lowest BCUT2D eigenvalue weighted by Crippen LogP contribution is -2.35. The average Bonchev–Trinajstić information content (AvgIpc) is 3.21. The van der Waals surface area contributed by atoms with Crippen molar-refractivity contribution in [3.05, 3.63) is 64.0 Å². The molecule has 148 valence electrons. The van der Waals surface area contributed by atoms with Gasteiger partial charge in [-0.2, -0.15) is 0 Å². The number of ether oxygens (including phenoxy) is 1. The van der Waals surface area contributed by atoms with E-state index in [2.05, 4.69) is 11.0 Å². The zero-order valence-electron chi connectivity index (χ0n) is 15.6. The summed E-state index contributed by atoms with van der Waals surface area (Å²) >= 11 is 8.34. The van der Waals surface area contributed by atoms with Crippen molar-refractivity contribution in [2.75, 3.05) is 18.6 Å². The molecule has 0 amide bonds. The lowest BCUT2D eigenvalue weighted by molar-refractivity contribution is 0.196. The first-order chi connectivity index (χ1) is 13.4. The molecule has 2 aromatic carbocycles. The Labute approximate surface area is 174 Å². The lowest BCUT2D eigenvalue weighted by Gasteiger charge is -2.28. The fourth-order valence-electron chi connectivity index (χ4n) is 3.69. The Morgan fingerprint density at radius 1 is 1.14 bits per heavy atom. The van der Waals surface area contributed by atoms with Crippen LogP contribution >= 0.6 is 22.9 Å². The molecule has 0 N–H and O–H groups in total. The maximum Gasteiger partial charge on any atom is 0.151 e. The molecule has 1 aliphatic heterocycles. The van der Waals surface area contributed by atoms with Gasteiger partial charge in [0.25, 0.3) is 0 Å². The van der Waals surface area contributed by atoms with Crippen LogP contribution in [0.4, 0.5) is 0 Å². The summed E-state index contributed by atoms with van der Waals surface area (Å²) in [5.41, 5.74) is 1.13. The van der Waals surface area contributed by atoms with E-state index in [4.69, 9.17) is 16.3 Å². The maximum absolute atomic E-state index is 12.1. The maximum atomic E-state index is 12.1. The Morgan fingerprint density at radius 3 is 2.54 bits per heavy atom. The first-order valence-corrected chi connectivity index (χ1v) is 12.2. The van der Waals surface area contributed by atoms with Gasteiger partial charge in [0, 0.05) is 34.1 Å². The number of nitrogens with zero attached hydrogens (tertiary/aromatic N) is 1. The van der Waals surface area contributed by atoms with Crippen molar-refractivity contribution in [3.8, 4) is 5.75 Å². The number of fused-ring (bicyclic) bond motifs is 1. The van der Waals surface area contributed by atoms with Crippen LogP contribution < -0.4 is 4.74 Å². The van der Waals surface area contributed by atoms with E-state index >= 15 is 0 Å². The molecular weight excluding hydrogens is 414 g/mol. The highest BCUT2D eigenvalue weighted by Crippen LogP contribution is 2.37. The van der Waals surface area contributed by atoms with Gasteiger partial charge >= 0.3 is 0 Å². The topological polar surface area (TPSA) is 46.6 Å². The molecule has 0 saturated carbocycles. The quantitative estimate of drug-likeness (QED) is 0.560. The summed E-state index contributed by atoms with van der Waals surface area (Å²) in [5, 5.41) is 1.84. The summed E-state index contributed by atoms with van der Waals surface area (Å²) in [4.78, 5) is 3.34. The van der Waals surface area contributed by atoms with E-state index in [0.29, 0.717) is 19.5 Å². The fraction of sp³-hybridized carbons (Fsp3) is 0.333. The summed E-state index contributed by atoms with van der Waals surface area (Å²) in [7, 11) is -1.31. The molecule has 1 aromatic heterocycles. The Hall–Kier alpha value is -1.60. The highest BCUT2D eigenvalue weighted by Gasteiger charge is 2.33. The van der Waals surface area contributed by atoms with Gasteiger partial charge < -0.3 is 4.74 Å². The Morgan fingerprint density at radius 2 is 1.89 bits per heavy atom. The van der Waals surface area contributed by atoms with E-state index in [0.717, 1.165) is 31.3 Å². The second kappa shape index (κ2) is 8.03. The third kappa shape index (κ3) is 4.20. The minimum Gasteiger partial charge on any atom is -0.497 e. The van der Waals surface area contributed by atoms with E-state index in [1.165, 1.54) is 0 Å². The average molecular weight is 436 g/mol. The molecule has 1 aliphatic rings. The van der Waals surface area contributed by atoms with Crippen LogP contribution in [0, 0.1) is 0 Å². The van der Waals surface area contributed by atoms with Crippen LogP contribution in [0.1, 0.15) is 16.9 Å². The van der Waals surface area contributed by atoms with Crippen molar-refractivity contribution in [2.45, 2.75) is 25.6 Å². The van der Waals surface area contributed by atoms with Gasteiger partial charge in [-0.1, -0.05) is 41.9 Å². The molecule has 1 fully saturated rings. The summed E-state index contributed by atoms with van der Waals surface area (Å²) in [6, 6.07) is 16.0. The third-order valence-corrected chi connectivity index (χ3v) is 8.67. The standard InChI is InChI=1S/C21H22ClNO3S2/c1-26-17-8-6-15(7-9-17)12-23(16-10-11-28(24,25)14-16)13-20-21(22)18-4-2-3-5-19(18)27-20/h2-9,16H,10-14H2,1H3/t16-/m1/s1. The minimum atomic E-state index is -2.96. The van der Waals surface area contributed by atoms with Crippen molar-refractivity contribution in [2.24, 2.45) is 0 Å². The summed E-state index contributed by atoms with van der Waals surface area (Å²) < 4.78 is 30.5. The summed E-state index contributed by atoms with van der Waals surface area (Å²) in [6.45, 7) is 1.32. The number of rotatable bonds is 6. The summed E-state index contributed by atoms with van der Waals surface area (Å²) in [5.74, 6) is 1.29. The van der Waals surface area contributed by atoms with Gasteiger partial charge in [0.1, 0.15) is 5.75 Å². The first kappa shape index (κ1) is 19.7. The fourth-order valence-corrected chi connectivity index (χ4v) is 6.97. The third-order valence-electron chi connectivity index (χ3n) is 5.22. The molecule has 0 bridgehead atoms. The van der Waals surface area contributed by atoms with Gasteiger partial charge in [-0.05, 0) is 30.2 Å². The van der Waals surface area contributed by atoms with E-state index in [1.54, 1.807) is 18.4 Å². The van der Waals surface area contributed by atoms with Crippen molar-refractivity contribution >= 4 is 42.9 Å². The Kier molecular flexibility index (Phi) is 5.65. The highest BCUT2D eigenvalue weighted by molar-refractivity contribution is 7.91. The minimum absolute atomic E-state index is 0.00776. The zero-order chi connectivity index (χ0) is 19.7. The van der Waals surface area contributed by atoms with Crippen LogP contribution in [0.15, 0.2) is 48.5 Å². The largest absolute Gasteiger partial charge is 0.497 e. The monoisotopic (exact) mass is 435 g/mol. The molecule has 3 aromatic rings. The number of hydrogen-bond donors (Lipinski definition) is 0. The normalized spacial score (nSPS) is 18.8. The van der Waals surface area contributed by atoms with E-state index in [-0.39, 0.29) is 17.5 Å². The molecule has 0 radical (unpaired) electrons. The molecule has 7 heteroatoms. The smallest absolute Gasteiger partial charge is 0.151 e. The predicted octanol–water partition coefficient (Wildman–Crippen LogP) is 4.75. The first-order valence-electron chi connectivity index (χ1n) is 9.18. The van der Waals surface area contributed by atoms with Crippen LogP contribution in [0.25, 0.3) is 10.1 Å². The zero-order valence-corrected chi connectivity index (χ0v) is 18.0. The summed E-state index contributed by atoms with van der Waals surface area (Å²) in [6.07, 6.45) is 0.668.